The van der Waals surface area contributed by atoms with Crippen LogP contribution in [-0.4, -0.2) is 56.2 Å². The van der Waals surface area contributed by atoms with Crippen molar-refractivity contribution in [1.29, 1.82) is 0 Å². The highest BCUT2D eigenvalue weighted by atomic mass is 35.5. The van der Waals surface area contributed by atoms with E-state index in [-0.39, 0.29) is 5.91 Å². The summed E-state index contributed by atoms with van der Waals surface area (Å²) in [6, 6.07) is 17.0. The van der Waals surface area contributed by atoms with Crippen molar-refractivity contribution in [3.05, 3.63) is 76.9 Å². The second kappa shape index (κ2) is 10.4. The van der Waals surface area contributed by atoms with Gasteiger partial charge in [0, 0.05) is 37.9 Å². The smallest absolute Gasteiger partial charge is 0.254 e. The zero-order valence-electron chi connectivity index (χ0n) is 18.7. The molecule has 0 bridgehead atoms. The van der Waals surface area contributed by atoms with Gasteiger partial charge in [-0.05, 0) is 29.8 Å². The average molecular weight is 468 g/mol. The van der Waals surface area contributed by atoms with Gasteiger partial charge in [-0.3, -0.25) is 4.79 Å². The number of anilines is 1. The van der Waals surface area contributed by atoms with Gasteiger partial charge in [0.15, 0.2) is 11.5 Å². The standard InChI is InChI=1S/C25H26ClN3O4/c1-31-21-14-19(15-22(32-2)24(21)33-17-18-6-4-3-5-7-18)25(30)29-12-10-28(11-13-29)23-9-8-20(26)16-27-23/h3-9,14-16H,10-13,17H2,1-2H3. The molecular weight excluding hydrogens is 442 g/mol. The summed E-state index contributed by atoms with van der Waals surface area (Å²) in [7, 11) is 3.10. The highest BCUT2D eigenvalue weighted by molar-refractivity contribution is 6.30. The molecule has 2 aromatic carbocycles. The summed E-state index contributed by atoms with van der Waals surface area (Å²) in [5.41, 5.74) is 1.52. The zero-order valence-corrected chi connectivity index (χ0v) is 19.4. The number of pyridine rings is 1. The molecule has 4 rings (SSSR count). The minimum absolute atomic E-state index is 0.0788. The minimum Gasteiger partial charge on any atom is -0.493 e. The van der Waals surface area contributed by atoms with Crippen LogP contribution in [0.3, 0.4) is 0 Å². The first-order valence-electron chi connectivity index (χ1n) is 10.7. The van der Waals surface area contributed by atoms with Crippen molar-refractivity contribution in [1.82, 2.24) is 9.88 Å². The highest BCUT2D eigenvalue weighted by Crippen LogP contribution is 2.39. The van der Waals surface area contributed by atoms with Gasteiger partial charge in [-0.15, -0.1) is 0 Å². The van der Waals surface area contributed by atoms with Gasteiger partial charge < -0.3 is 24.0 Å². The van der Waals surface area contributed by atoms with Gasteiger partial charge in [0.1, 0.15) is 12.4 Å². The third-order valence-electron chi connectivity index (χ3n) is 5.54. The van der Waals surface area contributed by atoms with E-state index >= 15 is 0 Å². The molecule has 1 aromatic heterocycles. The summed E-state index contributed by atoms with van der Waals surface area (Å²) in [4.78, 5) is 21.6. The van der Waals surface area contributed by atoms with Crippen molar-refractivity contribution in [2.24, 2.45) is 0 Å². The van der Waals surface area contributed by atoms with E-state index in [2.05, 4.69) is 9.88 Å². The molecule has 3 aromatic rings. The van der Waals surface area contributed by atoms with E-state index in [1.165, 1.54) is 0 Å². The summed E-state index contributed by atoms with van der Waals surface area (Å²) in [6.07, 6.45) is 1.63. The number of benzene rings is 2. The van der Waals surface area contributed by atoms with Crippen LogP contribution in [0.25, 0.3) is 0 Å². The quantitative estimate of drug-likeness (QED) is 0.516. The fraction of sp³-hybridized carbons (Fsp3) is 0.280. The number of hydrogen-bond acceptors (Lipinski definition) is 6. The largest absolute Gasteiger partial charge is 0.493 e. The molecule has 7 nitrogen and oxygen atoms in total. The van der Waals surface area contributed by atoms with E-state index in [0.29, 0.717) is 60.6 Å². The Morgan fingerprint density at radius 3 is 2.21 bits per heavy atom. The number of carbonyl (C=O) groups excluding carboxylic acids is 1. The van der Waals surface area contributed by atoms with Gasteiger partial charge in [0.2, 0.25) is 5.75 Å². The molecule has 2 heterocycles. The molecular formula is C25H26ClN3O4. The number of carbonyl (C=O) groups is 1. The minimum atomic E-state index is -0.0788. The number of amides is 1. The molecule has 172 valence electrons. The lowest BCUT2D eigenvalue weighted by atomic mass is 10.1. The van der Waals surface area contributed by atoms with Crippen LogP contribution in [0.4, 0.5) is 5.82 Å². The number of ether oxygens (including phenoxy) is 3. The number of hydrogen-bond donors (Lipinski definition) is 0. The molecule has 0 spiro atoms. The maximum absolute atomic E-state index is 13.2. The first kappa shape index (κ1) is 22.7. The van der Waals surface area contributed by atoms with E-state index in [4.69, 9.17) is 25.8 Å². The zero-order chi connectivity index (χ0) is 23.2. The van der Waals surface area contributed by atoms with Crippen molar-refractivity contribution in [2.45, 2.75) is 6.61 Å². The monoisotopic (exact) mass is 467 g/mol. The molecule has 1 aliphatic heterocycles. The van der Waals surface area contributed by atoms with Crippen LogP contribution < -0.4 is 19.1 Å². The number of rotatable bonds is 7. The van der Waals surface area contributed by atoms with E-state index < -0.39 is 0 Å². The van der Waals surface area contributed by atoms with Crippen LogP contribution in [0, 0.1) is 0 Å². The summed E-state index contributed by atoms with van der Waals surface area (Å²) >= 11 is 5.93. The van der Waals surface area contributed by atoms with Gasteiger partial charge >= 0.3 is 0 Å². The van der Waals surface area contributed by atoms with Gasteiger partial charge in [-0.2, -0.15) is 0 Å². The SMILES string of the molecule is COc1cc(C(=O)N2CCN(c3ccc(Cl)cn3)CC2)cc(OC)c1OCc1ccccc1. The fourth-order valence-electron chi connectivity index (χ4n) is 3.75. The maximum Gasteiger partial charge on any atom is 0.254 e. The normalized spacial score (nSPS) is 13.5. The third-order valence-corrected chi connectivity index (χ3v) is 5.76. The van der Waals surface area contributed by atoms with Crippen molar-refractivity contribution in [3.8, 4) is 17.2 Å². The van der Waals surface area contributed by atoms with E-state index in [1.54, 1.807) is 32.5 Å². The third kappa shape index (κ3) is 5.31. The van der Waals surface area contributed by atoms with Crippen LogP contribution in [0.15, 0.2) is 60.8 Å². The van der Waals surface area contributed by atoms with E-state index in [0.717, 1.165) is 11.4 Å². The van der Waals surface area contributed by atoms with E-state index in [9.17, 15) is 4.79 Å². The van der Waals surface area contributed by atoms with Crippen LogP contribution in [0.1, 0.15) is 15.9 Å². The molecule has 0 saturated carbocycles. The second-order valence-electron chi connectivity index (χ2n) is 7.60. The first-order valence-corrected chi connectivity index (χ1v) is 11.1. The van der Waals surface area contributed by atoms with Gasteiger partial charge in [0.25, 0.3) is 5.91 Å². The lowest BCUT2D eigenvalue weighted by molar-refractivity contribution is 0.0745. The highest BCUT2D eigenvalue weighted by Gasteiger charge is 2.25. The molecule has 8 heteroatoms. The number of aromatic nitrogens is 1. The van der Waals surface area contributed by atoms with Crippen molar-refractivity contribution in [2.75, 3.05) is 45.3 Å². The number of methoxy groups -OCH3 is 2. The molecule has 33 heavy (non-hydrogen) atoms. The Hall–Kier alpha value is -3.45. The molecule has 0 N–H and O–H groups in total. The Labute approximate surface area is 198 Å². The maximum atomic E-state index is 13.2. The Kier molecular flexibility index (Phi) is 7.19. The Balaban J connectivity index is 1.46. The Bertz CT molecular complexity index is 1060. The summed E-state index contributed by atoms with van der Waals surface area (Å²) in [5, 5.41) is 0.603. The van der Waals surface area contributed by atoms with Crippen LogP contribution in [0.2, 0.25) is 5.02 Å². The topological polar surface area (TPSA) is 64.1 Å². The first-order chi connectivity index (χ1) is 16.1. The van der Waals surface area contributed by atoms with Gasteiger partial charge in [-0.25, -0.2) is 4.98 Å². The van der Waals surface area contributed by atoms with Crippen molar-refractivity contribution in [3.63, 3.8) is 0 Å². The molecule has 1 aliphatic rings. The number of halogens is 1. The van der Waals surface area contributed by atoms with Crippen LogP contribution >= 0.6 is 11.6 Å². The molecule has 0 atom stereocenters. The predicted octanol–water partition coefficient (Wildman–Crippen LogP) is 4.29. The van der Waals surface area contributed by atoms with Crippen molar-refractivity contribution >= 4 is 23.3 Å². The summed E-state index contributed by atoms with van der Waals surface area (Å²) in [6.45, 7) is 2.90. The predicted molar refractivity (Wildman–Crippen MR) is 128 cm³/mol. The molecule has 0 unspecified atom stereocenters. The fourth-order valence-corrected chi connectivity index (χ4v) is 3.86. The second-order valence-corrected chi connectivity index (χ2v) is 8.03. The van der Waals surface area contributed by atoms with Crippen LogP contribution in [0.5, 0.6) is 17.2 Å². The average Bonchev–Trinajstić information content (AvgIpc) is 2.87. The van der Waals surface area contributed by atoms with Crippen LogP contribution in [-0.2, 0) is 6.61 Å². The Morgan fingerprint density at radius 2 is 1.64 bits per heavy atom. The van der Waals surface area contributed by atoms with Crippen molar-refractivity contribution < 1.29 is 19.0 Å². The summed E-state index contributed by atoms with van der Waals surface area (Å²) in [5.74, 6) is 2.16. The van der Waals surface area contributed by atoms with Gasteiger partial charge in [-0.1, -0.05) is 41.9 Å². The van der Waals surface area contributed by atoms with E-state index in [1.807, 2.05) is 47.4 Å². The van der Waals surface area contributed by atoms with Gasteiger partial charge in [0.05, 0.1) is 19.2 Å². The molecule has 0 aliphatic carbocycles. The molecule has 0 radical (unpaired) electrons. The molecule has 1 amide bonds. The molecule has 1 saturated heterocycles. The summed E-state index contributed by atoms with van der Waals surface area (Å²) < 4.78 is 17.1. The number of piperazine rings is 1. The lowest BCUT2D eigenvalue weighted by Gasteiger charge is -2.35. The Morgan fingerprint density at radius 1 is 0.970 bits per heavy atom. The lowest BCUT2D eigenvalue weighted by Crippen LogP contribution is -2.49. The number of nitrogens with zero attached hydrogens (tertiary/aromatic N) is 3. The molecule has 1 fully saturated rings.